The van der Waals surface area contributed by atoms with E-state index in [1.807, 2.05) is 6.92 Å². The van der Waals surface area contributed by atoms with Gasteiger partial charge < -0.3 is 10.0 Å². The third kappa shape index (κ3) is 3.74. The average molecular weight is 283 g/mol. The van der Waals surface area contributed by atoms with E-state index in [1.54, 1.807) is 4.90 Å². The largest absolute Gasteiger partial charge is 0.417 e. The zero-order valence-electron chi connectivity index (χ0n) is 9.84. The SMILES string of the molecule is CCCN(CCO)c1ncc(C(F)(F)F)cc1Cl. The Morgan fingerprint density at radius 1 is 1.39 bits per heavy atom. The first-order valence-corrected chi connectivity index (χ1v) is 5.86. The first-order valence-electron chi connectivity index (χ1n) is 5.48. The van der Waals surface area contributed by atoms with Crippen molar-refractivity contribution in [2.75, 3.05) is 24.6 Å². The molecular weight excluding hydrogens is 269 g/mol. The van der Waals surface area contributed by atoms with Crippen molar-refractivity contribution in [1.82, 2.24) is 4.98 Å². The molecule has 0 bridgehead atoms. The molecule has 1 heterocycles. The van der Waals surface area contributed by atoms with Crippen molar-refractivity contribution in [3.63, 3.8) is 0 Å². The molecule has 0 fully saturated rings. The van der Waals surface area contributed by atoms with E-state index < -0.39 is 11.7 Å². The van der Waals surface area contributed by atoms with Gasteiger partial charge in [0.25, 0.3) is 0 Å². The van der Waals surface area contributed by atoms with Crippen LogP contribution in [0.25, 0.3) is 0 Å². The lowest BCUT2D eigenvalue weighted by Gasteiger charge is -2.23. The van der Waals surface area contributed by atoms with Crippen LogP contribution in [0.5, 0.6) is 0 Å². The summed E-state index contributed by atoms with van der Waals surface area (Å²) in [6.07, 6.45) is -2.93. The molecule has 7 heteroatoms. The van der Waals surface area contributed by atoms with Crippen molar-refractivity contribution in [3.05, 3.63) is 22.8 Å². The lowest BCUT2D eigenvalue weighted by atomic mass is 10.2. The van der Waals surface area contributed by atoms with Crippen molar-refractivity contribution in [1.29, 1.82) is 0 Å². The summed E-state index contributed by atoms with van der Waals surface area (Å²) in [6, 6.07) is 0.851. The quantitative estimate of drug-likeness (QED) is 0.902. The van der Waals surface area contributed by atoms with Crippen LogP contribution in [-0.4, -0.2) is 29.8 Å². The summed E-state index contributed by atoms with van der Waals surface area (Å²) < 4.78 is 37.3. The second kappa shape index (κ2) is 6.24. The van der Waals surface area contributed by atoms with Gasteiger partial charge in [-0.25, -0.2) is 4.98 Å². The van der Waals surface area contributed by atoms with E-state index in [1.165, 1.54) is 0 Å². The first-order chi connectivity index (χ1) is 8.40. The summed E-state index contributed by atoms with van der Waals surface area (Å²) in [5, 5.41) is 8.84. The van der Waals surface area contributed by atoms with Crippen LogP contribution in [0.3, 0.4) is 0 Å². The molecule has 18 heavy (non-hydrogen) atoms. The molecule has 0 aliphatic rings. The number of hydrogen-bond acceptors (Lipinski definition) is 3. The predicted octanol–water partition coefficient (Wildman–Crippen LogP) is 2.96. The second-order valence-electron chi connectivity index (χ2n) is 3.74. The highest BCUT2D eigenvalue weighted by molar-refractivity contribution is 6.33. The van der Waals surface area contributed by atoms with Gasteiger partial charge in [0.2, 0.25) is 0 Å². The molecule has 0 atom stereocenters. The fourth-order valence-electron chi connectivity index (χ4n) is 1.53. The van der Waals surface area contributed by atoms with Gasteiger partial charge in [0, 0.05) is 19.3 Å². The molecule has 3 nitrogen and oxygen atoms in total. The van der Waals surface area contributed by atoms with Crippen molar-refractivity contribution < 1.29 is 18.3 Å². The summed E-state index contributed by atoms with van der Waals surface area (Å²) in [7, 11) is 0. The average Bonchev–Trinajstić information content (AvgIpc) is 2.27. The number of alkyl halides is 3. The van der Waals surface area contributed by atoms with E-state index >= 15 is 0 Å². The minimum atomic E-state index is -4.46. The summed E-state index contributed by atoms with van der Waals surface area (Å²) >= 11 is 5.82. The van der Waals surface area contributed by atoms with Gasteiger partial charge in [-0.1, -0.05) is 18.5 Å². The van der Waals surface area contributed by atoms with Gasteiger partial charge in [0.05, 0.1) is 17.2 Å². The molecule has 0 saturated carbocycles. The summed E-state index contributed by atoms with van der Waals surface area (Å²) in [5.41, 5.74) is -0.878. The number of aliphatic hydroxyl groups excluding tert-OH is 1. The number of halogens is 4. The van der Waals surface area contributed by atoms with Crippen LogP contribution in [0.1, 0.15) is 18.9 Å². The Morgan fingerprint density at radius 2 is 2.06 bits per heavy atom. The number of nitrogens with zero attached hydrogens (tertiary/aromatic N) is 2. The van der Waals surface area contributed by atoms with Gasteiger partial charge in [-0.15, -0.1) is 0 Å². The van der Waals surface area contributed by atoms with E-state index in [2.05, 4.69) is 4.98 Å². The molecule has 0 amide bonds. The van der Waals surface area contributed by atoms with Gasteiger partial charge in [-0.3, -0.25) is 0 Å². The van der Waals surface area contributed by atoms with Crippen molar-refractivity contribution >= 4 is 17.4 Å². The molecule has 0 unspecified atom stereocenters. The van der Waals surface area contributed by atoms with Gasteiger partial charge in [-0.05, 0) is 12.5 Å². The first kappa shape index (κ1) is 15.0. The third-order valence-electron chi connectivity index (χ3n) is 2.31. The highest BCUT2D eigenvalue weighted by Crippen LogP contribution is 2.33. The van der Waals surface area contributed by atoms with E-state index in [4.69, 9.17) is 16.7 Å². The van der Waals surface area contributed by atoms with Crippen LogP contribution < -0.4 is 4.90 Å². The molecule has 0 aromatic carbocycles. The zero-order chi connectivity index (χ0) is 13.8. The summed E-state index contributed by atoms with van der Waals surface area (Å²) in [6.45, 7) is 2.66. The Labute approximate surface area is 108 Å². The lowest BCUT2D eigenvalue weighted by molar-refractivity contribution is -0.137. The highest BCUT2D eigenvalue weighted by atomic mass is 35.5. The molecule has 102 valence electrons. The van der Waals surface area contributed by atoms with E-state index in [9.17, 15) is 13.2 Å². The molecule has 0 spiro atoms. The van der Waals surface area contributed by atoms with Crippen LogP contribution in [-0.2, 0) is 6.18 Å². The monoisotopic (exact) mass is 282 g/mol. The van der Waals surface area contributed by atoms with Crippen molar-refractivity contribution in [2.45, 2.75) is 19.5 Å². The second-order valence-corrected chi connectivity index (χ2v) is 4.15. The van der Waals surface area contributed by atoms with Crippen LogP contribution in [0, 0.1) is 0 Å². The molecule has 1 rings (SSSR count). The Balaban J connectivity index is 3.03. The standard InChI is InChI=1S/C11H14ClF3N2O/c1-2-3-17(4-5-18)10-9(12)6-8(7-16-10)11(13,14)15/h6-7,18H,2-5H2,1H3. The zero-order valence-corrected chi connectivity index (χ0v) is 10.6. The Hall–Kier alpha value is -1.01. The molecule has 1 aromatic rings. The minimum absolute atomic E-state index is 0.0632. The van der Waals surface area contributed by atoms with Crippen LogP contribution in [0.15, 0.2) is 12.3 Å². The lowest BCUT2D eigenvalue weighted by Crippen LogP contribution is -2.28. The normalized spacial score (nSPS) is 11.7. The number of anilines is 1. The van der Waals surface area contributed by atoms with E-state index in [0.29, 0.717) is 6.54 Å². The van der Waals surface area contributed by atoms with Gasteiger partial charge in [0.1, 0.15) is 5.82 Å². The molecule has 0 aliphatic heterocycles. The maximum atomic E-state index is 12.4. The van der Waals surface area contributed by atoms with Crippen LogP contribution in [0.2, 0.25) is 5.02 Å². The summed E-state index contributed by atoms with van der Waals surface area (Å²) in [4.78, 5) is 5.40. The number of aromatic nitrogens is 1. The van der Waals surface area contributed by atoms with Gasteiger partial charge >= 0.3 is 6.18 Å². The highest BCUT2D eigenvalue weighted by Gasteiger charge is 2.31. The number of pyridine rings is 1. The van der Waals surface area contributed by atoms with Crippen LogP contribution >= 0.6 is 11.6 Å². The maximum Gasteiger partial charge on any atom is 0.417 e. The van der Waals surface area contributed by atoms with Gasteiger partial charge in [0.15, 0.2) is 0 Å². The van der Waals surface area contributed by atoms with Crippen molar-refractivity contribution in [3.8, 4) is 0 Å². The molecule has 0 saturated heterocycles. The third-order valence-corrected chi connectivity index (χ3v) is 2.59. The van der Waals surface area contributed by atoms with Crippen LogP contribution in [0.4, 0.5) is 19.0 Å². The molecule has 1 N–H and O–H groups in total. The molecule has 0 radical (unpaired) electrons. The fourth-order valence-corrected chi connectivity index (χ4v) is 1.82. The molecular formula is C11H14ClF3N2O. The molecule has 0 aliphatic carbocycles. The Bertz CT molecular complexity index is 392. The van der Waals surface area contributed by atoms with Crippen molar-refractivity contribution in [2.24, 2.45) is 0 Å². The Morgan fingerprint density at radius 3 is 2.50 bits per heavy atom. The van der Waals surface area contributed by atoms with E-state index in [0.717, 1.165) is 18.7 Å². The Kier molecular flexibility index (Phi) is 5.22. The smallest absolute Gasteiger partial charge is 0.395 e. The predicted molar refractivity (Wildman–Crippen MR) is 63.8 cm³/mol. The number of hydrogen-bond donors (Lipinski definition) is 1. The summed E-state index contributed by atoms with van der Waals surface area (Å²) in [5.74, 6) is 0.264. The fraction of sp³-hybridized carbons (Fsp3) is 0.545. The maximum absolute atomic E-state index is 12.4. The number of aliphatic hydroxyl groups is 1. The van der Waals surface area contributed by atoms with Gasteiger partial charge in [-0.2, -0.15) is 13.2 Å². The topological polar surface area (TPSA) is 36.4 Å². The number of rotatable bonds is 5. The van der Waals surface area contributed by atoms with E-state index in [-0.39, 0.29) is 24.0 Å². The minimum Gasteiger partial charge on any atom is -0.395 e. The molecule has 1 aromatic heterocycles.